The first-order chi connectivity index (χ1) is 12.0. The highest BCUT2D eigenvalue weighted by Gasteiger charge is 2.31. The lowest BCUT2D eigenvalue weighted by Gasteiger charge is -2.18. The molecule has 0 unspecified atom stereocenters. The number of aliphatic hydroxyl groups is 1. The molecule has 4 rings (SSSR count). The summed E-state index contributed by atoms with van der Waals surface area (Å²) in [5, 5.41) is 19.3. The number of aromatic nitrogens is 2. The average Bonchev–Trinajstić information content (AvgIpc) is 2.90. The predicted octanol–water partition coefficient (Wildman–Crippen LogP) is 3.29. The van der Waals surface area contributed by atoms with Crippen molar-refractivity contribution in [3.05, 3.63) is 74.0 Å². The number of halogens is 1. The monoisotopic (exact) mass is 444 g/mol. The minimum Gasteiger partial charge on any atom is -0.509 e. The number of H-pyrrole nitrogens is 1. The number of aliphatic hydroxyl groups excluding tert-OH is 1. The SMILES string of the molecule is N=C1C(c2nc3ccccc3c(=O)[nH]2)=C(O)CN1c1ccc(I)cc1. The fraction of sp³-hybridized carbons (Fsp3) is 0.0556. The highest BCUT2D eigenvalue weighted by molar-refractivity contribution is 14.1. The van der Waals surface area contributed by atoms with Gasteiger partial charge in [0.25, 0.3) is 5.56 Å². The van der Waals surface area contributed by atoms with Gasteiger partial charge in [-0.05, 0) is 59.0 Å². The number of benzene rings is 2. The van der Waals surface area contributed by atoms with Gasteiger partial charge in [-0.1, -0.05) is 12.1 Å². The fourth-order valence-electron chi connectivity index (χ4n) is 2.87. The molecular weight excluding hydrogens is 431 g/mol. The van der Waals surface area contributed by atoms with E-state index >= 15 is 0 Å². The number of rotatable bonds is 2. The number of nitrogens with one attached hydrogen (secondary N) is 2. The second kappa shape index (κ2) is 5.99. The molecule has 0 bridgehead atoms. The van der Waals surface area contributed by atoms with Crippen molar-refractivity contribution in [1.29, 1.82) is 5.41 Å². The summed E-state index contributed by atoms with van der Waals surface area (Å²) in [6.07, 6.45) is 0. The number of nitrogens with zero attached hydrogens (tertiary/aromatic N) is 2. The second-order valence-electron chi connectivity index (χ2n) is 5.66. The average molecular weight is 444 g/mol. The van der Waals surface area contributed by atoms with Crippen LogP contribution in [0.5, 0.6) is 0 Å². The molecule has 7 heteroatoms. The summed E-state index contributed by atoms with van der Waals surface area (Å²) in [6, 6.07) is 14.7. The Hall–Kier alpha value is -2.68. The Morgan fingerprint density at radius 1 is 1.16 bits per heavy atom. The van der Waals surface area contributed by atoms with Crippen LogP contribution in [0, 0.1) is 8.98 Å². The van der Waals surface area contributed by atoms with Crippen LogP contribution in [0.4, 0.5) is 5.69 Å². The fourth-order valence-corrected chi connectivity index (χ4v) is 3.23. The van der Waals surface area contributed by atoms with Gasteiger partial charge in [-0.3, -0.25) is 10.2 Å². The van der Waals surface area contributed by atoms with Crippen molar-refractivity contribution in [2.45, 2.75) is 0 Å². The molecule has 0 spiro atoms. The molecule has 3 N–H and O–H groups in total. The van der Waals surface area contributed by atoms with Crippen molar-refractivity contribution < 1.29 is 5.11 Å². The van der Waals surface area contributed by atoms with Crippen LogP contribution < -0.4 is 10.5 Å². The Kier molecular flexibility index (Phi) is 3.79. The normalized spacial score (nSPS) is 14.6. The first-order valence-electron chi connectivity index (χ1n) is 7.58. The van der Waals surface area contributed by atoms with Gasteiger partial charge < -0.3 is 15.0 Å². The van der Waals surface area contributed by atoms with Crippen LogP contribution in [0.3, 0.4) is 0 Å². The summed E-state index contributed by atoms with van der Waals surface area (Å²) < 4.78 is 1.09. The molecule has 0 saturated heterocycles. The Labute approximate surface area is 156 Å². The van der Waals surface area contributed by atoms with Gasteiger partial charge in [0, 0.05) is 9.26 Å². The van der Waals surface area contributed by atoms with Gasteiger partial charge in [-0.2, -0.15) is 0 Å². The molecule has 0 radical (unpaired) electrons. The zero-order valence-electron chi connectivity index (χ0n) is 13.0. The molecule has 124 valence electrons. The molecule has 0 amide bonds. The summed E-state index contributed by atoms with van der Waals surface area (Å²) in [7, 11) is 0. The molecule has 1 aliphatic heterocycles. The van der Waals surface area contributed by atoms with Crippen LogP contribution in [0.25, 0.3) is 16.5 Å². The molecule has 6 nitrogen and oxygen atoms in total. The molecule has 0 fully saturated rings. The maximum Gasteiger partial charge on any atom is 0.259 e. The number of para-hydroxylation sites is 1. The molecule has 2 aromatic carbocycles. The van der Waals surface area contributed by atoms with E-state index < -0.39 is 0 Å². The van der Waals surface area contributed by atoms with E-state index in [1.54, 1.807) is 29.2 Å². The van der Waals surface area contributed by atoms with Crippen molar-refractivity contribution in [1.82, 2.24) is 9.97 Å². The zero-order chi connectivity index (χ0) is 17.6. The van der Waals surface area contributed by atoms with E-state index in [0.29, 0.717) is 10.9 Å². The van der Waals surface area contributed by atoms with Gasteiger partial charge in [-0.15, -0.1) is 0 Å². The van der Waals surface area contributed by atoms with Gasteiger partial charge >= 0.3 is 0 Å². The summed E-state index contributed by atoms with van der Waals surface area (Å²) >= 11 is 2.21. The number of hydrogen-bond acceptors (Lipinski definition) is 4. The molecule has 0 aliphatic carbocycles. The van der Waals surface area contributed by atoms with Crippen LogP contribution in [0.2, 0.25) is 0 Å². The van der Waals surface area contributed by atoms with Gasteiger partial charge in [0.2, 0.25) is 0 Å². The van der Waals surface area contributed by atoms with E-state index in [2.05, 4.69) is 32.6 Å². The third-order valence-corrected chi connectivity index (χ3v) is 4.81. The largest absolute Gasteiger partial charge is 0.509 e. The smallest absolute Gasteiger partial charge is 0.259 e. The highest BCUT2D eigenvalue weighted by Crippen LogP contribution is 2.29. The summed E-state index contributed by atoms with van der Waals surface area (Å²) in [5.74, 6) is 0.332. The Balaban J connectivity index is 1.78. The number of amidine groups is 1. The molecule has 0 saturated carbocycles. The number of aromatic amines is 1. The summed E-state index contributed by atoms with van der Waals surface area (Å²) in [4.78, 5) is 21.1. The Bertz CT molecular complexity index is 1090. The molecular formula is C18H13IN4O2. The molecule has 1 aromatic heterocycles. The standard InChI is InChI=1S/C18H13IN4O2/c19-10-5-7-11(8-6-10)23-9-14(24)15(16(23)20)17-21-13-4-2-1-3-12(13)18(25)22-17/h1-8,20,24H,9H2,(H,21,22,25). The van der Waals surface area contributed by atoms with Crippen LogP contribution >= 0.6 is 22.6 Å². The van der Waals surface area contributed by atoms with Gasteiger partial charge in [-0.25, -0.2) is 4.98 Å². The van der Waals surface area contributed by atoms with E-state index in [1.165, 1.54) is 0 Å². The molecule has 0 atom stereocenters. The maximum absolute atomic E-state index is 12.3. The second-order valence-corrected chi connectivity index (χ2v) is 6.91. The van der Waals surface area contributed by atoms with E-state index in [-0.39, 0.29) is 35.1 Å². The van der Waals surface area contributed by atoms with Crippen LogP contribution in [0.1, 0.15) is 5.82 Å². The third kappa shape index (κ3) is 2.70. The number of hydrogen-bond donors (Lipinski definition) is 3. The summed E-state index contributed by atoms with van der Waals surface area (Å²) in [6.45, 7) is 0.172. The molecule has 1 aliphatic rings. The first-order valence-corrected chi connectivity index (χ1v) is 8.66. The summed E-state index contributed by atoms with van der Waals surface area (Å²) in [5.41, 5.74) is 1.29. The zero-order valence-corrected chi connectivity index (χ0v) is 15.1. The first kappa shape index (κ1) is 15.8. The van der Waals surface area contributed by atoms with Gasteiger partial charge in [0.15, 0.2) is 0 Å². The van der Waals surface area contributed by atoms with Crippen molar-refractivity contribution >= 4 is 50.6 Å². The quantitative estimate of drug-likeness (QED) is 0.529. The number of anilines is 1. The van der Waals surface area contributed by atoms with Gasteiger partial charge in [0.1, 0.15) is 17.4 Å². The predicted molar refractivity (Wildman–Crippen MR) is 106 cm³/mol. The molecule has 25 heavy (non-hydrogen) atoms. The topological polar surface area (TPSA) is 93.1 Å². The van der Waals surface area contributed by atoms with Crippen molar-refractivity contribution in [3.63, 3.8) is 0 Å². The lowest BCUT2D eigenvalue weighted by Crippen LogP contribution is -2.26. The van der Waals surface area contributed by atoms with Gasteiger partial charge in [0.05, 0.1) is 23.0 Å². The minimum atomic E-state index is -0.290. The van der Waals surface area contributed by atoms with Crippen LogP contribution in [0.15, 0.2) is 59.1 Å². The Morgan fingerprint density at radius 3 is 2.64 bits per heavy atom. The lowest BCUT2D eigenvalue weighted by molar-refractivity contribution is 0.411. The third-order valence-electron chi connectivity index (χ3n) is 4.09. The Morgan fingerprint density at radius 2 is 1.88 bits per heavy atom. The van der Waals surface area contributed by atoms with E-state index in [4.69, 9.17) is 5.41 Å². The van der Waals surface area contributed by atoms with Crippen LogP contribution in [-0.2, 0) is 0 Å². The van der Waals surface area contributed by atoms with E-state index in [9.17, 15) is 9.90 Å². The van der Waals surface area contributed by atoms with E-state index in [1.807, 2.05) is 24.3 Å². The highest BCUT2D eigenvalue weighted by atomic mass is 127. The van der Waals surface area contributed by atoms with Crippen molar-refractivity contribution in [2.24, 2.45) is 0 Å². The molecule has 2 heterocycles. The van der Waals surface area contributed by atoms with Crippen LogP contribution in [-0.4, -0.2) is 27.5 Å². The number of fused-ring (bicyclic) bond motifs is 1. The minimum absolute atomic E-state index is 0.0157. The lowest BCUT2D eigenvalue weighted by atomic mass is 10.2. The van der Waals surface area contributed by atoms with Crippen molar-refractivity contribution in [2.75, 3.05) is 11.4 Å². The maximum atomic E-state index is 12.3. The molecule has 3 aromatic rings. The van der Waals surface area contributed by atoms with E-state index in [0.717, 1.165) is 9.26 Å². The van der Waals surface area contributed by atoms with Crippen molar-refractivity contribution in [3.8, 4) is 0 Å².